The van der Waals surface area contributed by atoms with E-state index in [1.807, 2.05) is 33.8 Å². The van der Waals surface area contributed by atoms with Gasteiger partial charge in [0.15, 0.2) is 0 Å². The highest BCUT2D eigenvalue weighted by Gasteiger charge is 2.17. The van der Waals surface area contributed by atoms with Crippen molar-refractivity contribution in [3.8, 4) is 11.5 Å². The first-order chi connectivity index (χ1) is 33.8. The van der Waals surface area contributed by atoms with Gasteiger partial charge in [-0.25, -0.2) is 0 Å². The first kappa shape index (κ1) is 60.3. The van der Waals surface area contributed by atoms with Crippen molar-refractivity contribution in [2.75, 3.05) is 13.2 Å². The molecule has 0 unspecified atom stereocenters. The molecular formula is C62H101ClO6. The lowest BCUT2D eigenvalue weighted by molar-refractivity contribution is -0.148. The lowest BCUT2D eigenvalue weighted by Crippen LogP contribution is -2.10. The second-order valence-corrected chi connectivity index (χ2v) is 21.3. The molecule has 7 heteroatoms. The second-order valence-electron chi connectivity index (χ2n) is 20.9. The molecule has 0 aliphatic carbocycles. The van der Waals surface area contributed by atoms with Crippen LogP contribution in [0.15, 0.2) is 42.5 Å². The third-order valence-electron chi connectivity index (χ3n) is 13.7. The molecule has 0 bridgehead atoms. The molecule has 0 saturated heterocycles. The summed E-state index contributed by atoms with van der Waals surface area (Å²) < 4.78 is 23.6. The predicted molar refractivity (Wildman–Crippen MR) is 295 cm³/mol. The van der Waals surface area contributed by atoms with Gasteiger partial charge in [-0.15, -0.1) is 0 Å². The summed E-state index contributed by atoms with van der Waals surface area (Å²) in [5, 5.41) is 5.08. The number of esters is 2. The fourth-order valence-corrected chi connectivity index (χ4v) is 9.95. The van der Waals surface area contributed by atoms with E-state index in [1.165, 1.54) is 193 Å². The van der Waals surface area contributed by atoms with Crippen molar-refractivity contribution in [1.29, 1.82) is 0 Å². The van der Waals surface area contributed by atoms with Crippen molar-refractivity contribution in [2.24, 2.45) is 0 Å². The third-order valence-corrected chi connectivity index (χ3v) is 13.9. The van der Waals surface area contributed by atoms with E-state index in [0.717, 1.165) is 83.2 Å². The number of fused-ring (bicyclic) bond motifs is 2. The van der Waals surface area contributed by atoms with Crippen LogP contribution in [-0.4, -0.2) is 37.4 Å². The van der Waals surface area contributed by atoms with E-state index in [0.29, 0.717) is 19.4 Å². The Balaban J connectivity index is 1.17. The highest BCUT2D eigenvalue weighted by Crippen LogP contribution is 2.44. The number of carbonyl (C=O) groups is 2. The molecule has 3 aromatic carbocycles. The molecule has 0 heterocycles. The Morgan fingerprint density at radius 3 is 0.928 bits per heavy atom. The van der Waals surface area contributed by atoms with Crippen LogP contribution in [0.2, 0.25) is 5.02 Å². The third kappa shape index (κ3) is 29.8. The maximum absolute atomic E-state index is 11.6. The molecule has 0 saturated carbocycles. The Bertz CT molecular complexity index is 1740. The molecule has 3 aromatic rings. The normalized spacial score (nSPS) is 11.6. The number of unbranched alkanes of at least 4 members (excludes halogenated alkanes) is 34. The molecule has 0 amide bonds. The van der Waals surface area contributed by atoms with Crippen LogP contribution in [0, 0.1) is 0 Å². The van der Waals surface area contributed by atoms with Gasteiger partial charge in [-0.3, -0.25) is 9.59 Å². The summed E-state index contributed by atoms with van der Waals surface area (Å²) in [6.07, 6.45) is 47.7. The minimum atomic E-state index is -0.0436. The SMILES string of the molecule is CC(C)OC(=O)CCCCCCCCCCCCCCCCCCCCOc1c2ccccc2c(OCCCCCCCCCCCCCCCCCCCCC(=O)OC(C)C)c2cc(Cl)ccc12. The lowest BCUT2D eigenvalue weighted by Gasteiger charge is -2.18. The number of halogens is 1. The zero-order valence-electron chi connectivity index (χ0n) is 44.8. The molecule has 0 radical (unpaired) electrons. The Labute approximate surface area is 427 Å². The fraction of sp³-hybridized carbons (Fsp3) is 0.742. The topological polar surface area (TPSA) is 71.1 Å². The number of carbonyl (C=O) groups excluding carboxylic acids is 2. The van der Waals surface area contributed by atoms with Crippen molar-refractivity contribution >= 4 is 45.1 Å². The second kappa shape index (κ2) is 40.6. The van der Waals surface area contributed by atoms with Crippen LogP contribution < -0.4 is 9.47 Å². The number of rotatable bonds is 46. The van der Waals surface area contributed by atoms with Gasteiger partial charge in [-0.2, -0.15) is 0 Å². The van der Waals surface area contributed by atoms with Gasteiger partial charge in [0.25, 0.3) is 0 Å². The van der Waals surface area contributed by atoms with Crippen molar-refractivity contribution in [3.63, 3.8) is 0 Å². The zero-order valence-corrected chi connectivity index (χ0v) is 45.6. The van der Waals surface area contributed by atoms with Crippen LogP contribution in [0.1, 0.15) is 272 Å². The molecule has 0 fully saturated rings. The van der Waals surface area contributed by atoms with Crippen LogP contribution >= 0.6 is 11.6 Å². The lowest BCUT2D eigenvalue weighted by atomic mass is 10.0. The van der Waals surface area contributed by atoms with Gasteiger partial charge in [0, 0.05) is 39.4 Å². The average molecular weight is 978 g/mol. The maximum Gasteiger partial charge on any atom is 0.306 e. The van der Waals surface area contributed by atoms with E-state index in [-0.39, 0.29) is 24.1 Å². The minimum absolute atomic E-state index is 0.00212. The molecule has 392 valence electrons. The number of hydrogen-bond donors (Lipinski definition) is 0. The number of ether oxygens (including phenoxy) is 4. The molecule has 0 atom stereocenters. The summed E-state index contributed by atoms with van der Waals surface area (Å²) >= 11 is 6.59. The van der Waals surface area contributed by atoms with Crippen LogP contribution in [0.4, 0.5) is 0 Å². The van der Waals surface area contributed by atoms with Gasteiger partial charge in [-0.1, -0.05) is 241 Å². The summed E-state index contributed by atoms with van der Waals surface area (Å²) in [7, 11) is 0. The predicted octanol–water partition coefficient (Wildman–Crippen LogP) is 20.1. The molecule has 0 aliphatic heterocycles. The number of hydrogen-bond acceptors (Lipinski definition) is 6. The maximum atomic E-state index is 11.6. The van der Waals surface area contributed by atoms with Gasteiger partial charge in [-0.05, 0) is 71.6 Å². The van der Waals surface area contributed by atoms with E-state index < -0.39 is 0 Å². The van der Waals surface area contributed by atoms with E-state index in [1.54, 1.807) is 0 Å². The Hall–Kier alpha value is -2.99. The Morgan fingerprint density at radius 1 is 0.362 bits per heavy atom. The van der Waals surface area contributed by atoms with Crippen molar-refractivity contribution in [1.82, 2.24) is 0 Å². The molecule has 0 N–H and O–H groups in total. The van der Waals surface area contributed by atoms with Gasteiger partial charge in [0.05, 0.1) is 25.4 Å². The van der Waals surface area contributed by atoms with E-state index in [9.17, 15) is 9.59 Å². The Morgan fingerprint density at radius 2 is 0.623 bits per heavy atom. The van der Waals surface area contributed by atoms with Gasteiger partial charge in [0.2, 0.25) is 0 Å². The molecule has 3 rings (SSSR count). The van der Waals surface area contributed by atoms with Gasteiger partial charge < -0.3 is 18.9 Å². The minimum Gasteiger partial charge on any atom is -0.492 e. The standard InChI is InChI=1S/C62H101ClO6/c1-52(2)68-59(64)45-37-33-29-25-21-17-13-9-5-7-11-15-19-23-27-31-35-41-49-66-61-55-43-39-40-44-56(55)62(58-51-54(63)47-48-57(58)61)67-50-42-36-32-28-24-20-16-12-8-6-10-14-18-22-26-30-34-38-46-60(65)69-53(3)4/h39-40,43-44,47-48,51-53H,5-38,41-42,45-46,49-50H2,1-4H3. The average Bonchev–Trinajstić information content (AvgIpc) is 3.32. The van der Waals surface area contributed by atoms with Crippen LogP contribution in [0.3, 0.4) is 0 Å². The monoisotopic (exact) mass is 977 g/mol. The summed E-state index contributed by atoms with van der Waals surface area (Å²) in [5.74, 6) is 1.80. The largest absolute Gasteiger partial charge is 0.492 e. The highest BCUT2D eigenvalue weighted by molar-refractivity contribution is 6.31. The molecule has 6 nitrogen and oxygen atoms in total. The van der Waals surface area contributed by atoms with E-state index >= 15 is 0 Å². The first-order valence-corrected chi connectivity index (χ1v) is 29.4. The molecular weight excluding hydrogens is 876 g/mol. The van der Waals surface area contributed by atoms with Crippen molar-refractivity contribution in [2.45, 2.75) is 284 Å². The zero-order chi connectivity index (χ0) is 49.4. The molecule has 0 aliphatic rings. The molecule has 0 aromatic heterocycles. The highest BCUT2D eigenvalue weighted by atomic mass is 35.5. The van der Waals surface area contributed by atoms with Gasteiger partial charge >= 0.3 is 11.9 Å². The summed E-state index contributed by atoms with van der Waals surface area (Å²) in [4.78, 5) is 23.2. The molecule has 0 spiro atoms. The summed E-state index contributed by atoms with van der Waals surface area (Å²) in [6.45, 7) is 9.09. The van der Waals surface area contributed by atoms with Crippen molar-refractivity contribution < 1.29 is 28.5 Å². The quantitative estimate of drug-likeness (QED) is 0.0319. The Kier molecular flexibility index (Phi) is 35.5. The van der Waals surface area contributed by atoms with E-state index in [4.69, 9.17) is 30.5 Å². The van der Waals surface area contributed by atoms with Crippen LogP contribution in [0.5, 0.6) is 11.5 Å². The fourth-order valence-electron chi connectivity index (χ4n) is 9.77. The number of benzene rings is 3. The van der Waals surface area contributed by atoms with E-state index in [2.05, 4.69) is 36.4 Å². The van der Waals surface area contributed by atoms with Crippen LogP contribution in [-0.2, 0) is 19.1 Å². The van der Waals surface area contributed by atoms with Gasteiger partial charge in [0.1, 0.15) is 11.5 Å². The molecule has 69 heavy (non-hydrogen) atoms. The van der Waals surface area contributed by atoms with Crippen LogP contribution in [0.25, 0.3) is 21.5 Å². The smallest absolute Gasteiger partial charge is 0.306 e. The summed E-state index contributed by atoms with van der Waals surface area (Å²) in [5.41, 5.74) is 0. The summed E-state index contributed by atoms with van der Waals surface area (Å²) in [6, 6.07) is 14.7. The van der Waals surface area contributed by atoms with Crippen molar-refractivity contribution in [3.05, 3.63) is 47.5 Å². The first-order valence-electron chi connectivity index (χ1n) is 29.0.